The van der Waals surface area contributed by atoms with E-state index in [1.165, 1.54) is 0 Å². The predicted octanol–water partition coefficient (Wildman–Crippen LogP) is 4.38. The van der Waals surface area contributed by atoms with E-state index in [0.29, 0.717) is 11.3 Å². The third-order valence-electron chi connectivity index (χ3n) is 4.23. The average Bonchev–Trinajstić information content (AvgIpc) is 3.00. The van der Waals surface area contributed by atoms with Crippen LogP contribution in [0.3, 0.4) is 0 Å². The van der Waals surface area contributed by atoms with Crippen molar-refractivity contribution in [3.05, 3.63) is 59.0 Å². The molecule has 2 aromatic carbocycles. The summed E-state index contributed by atoms with van der Waals surface area (Å²) >= 11 is 0. The summed E-state index contributed by atoms with van der Waals surface area (Å²) in [5, 5.41) is 2.98. The zero-order valence-corrected chi connectivity index (χ0v) is 12.5. The molecule has 0 aliphatic carbocycles. The highest BCUT2D eigenvalue weighted by Gasteiger charge is 2.27. The van der Waals surface area contributed by atoms with E-state index in [-0.39, 0.29) is 11.9 Å². The fourth-order valence-electron chi connectivity index (χ4n) is 3.04. The van der Waals surface area contributed by atoms with Gasteiger partial charge in [0.15, 0.2) is 0 Å². The van der Waals surface area contributed by atoms with Gasteiger partial charge in [0.1, 0.15) is 5.69 Å². The van der Waals surface area contributed by atoms with Crippen molar-refractivity contribution in [3.63, 3.8) is 0 Å². The lowest BCUT2D eigenvalue weighted by Crippen LogP contribution is -2.33. The topological polar surface area (TPSA) is 49.7 Å². The molecule has 1 aliphatic rings. The lowest BCUT2D eigenvalue weighted by Gasteiger charge is -2.23. The summed E-state index contributed by atoms with van der Waals surface area (Å²) in [5.74, 6) is 0.0602. The van der Waals surface area contributed by atoms with E-state index in [4.69, 9.17) is 0 Å². The van der Waals surface area contributed by atoms with Gasteiger partial charge < -0.3 is 4.90 Å². The number of carbonyl (C=O) groups excluding carboxylic acids is 1. The van der Waals surface area contributed by atoms with Gasteiger partial charge in [0, 0.05) is 18.2 Å². The smallest absolute Gasteiger partial charge is 0.254 e. The number of carbonyl (C=O) groups is 1. The average molecular weight is 294 g/mol. The molecule has 3 rings (SSSR count). The molecule has 1 heterocycles. The number of hydrogen-bond donors (Lipinski definition) is 0. The van der Waals surface area contributed by atoms with E-state index in [1.54, 1.807) is 18.2 Å². The highest BCUT2D eigenvalue weighted by Crippen LogP contribution is 2.29. The van der Waals surface area contributed by atoms with Crippen molar-refractivity contribution in [2.75, 3.05) is 6.54 Å². The minimum atomic E-state index is 0.0602. The molecule has 112 valence electrons. The third-order valence-corrected chi connectivity index (χ3v) is 4.23. The van der Waals surface area contributed by atoms with E-state index in [1.807, 2.05) is 35.2 Å². The SMILES string of the molecule is CC1CCCN1C(=O)c1ccccc1-c1cccc(N=O)c1. The molecular weight excluding hydrogens is 276 g/mol. The Balaban J connectivity index is 2.02. The summed E-state index contributed by atoms with van der Waals surface area (Å²) in [7, 11) is 0. The Morgan fingerprint density at radius 2 is 2.00 bits per heavy atom. The van der Waals surface area contributed by atoms with Crippen molar-refractivity contribution < 1.29 is 4.79 Å². The van der Waals surface area contributed by atoms with Gasteiger partial charge in [0.25, 0.3) is 5.91 Å². The van der Waals surface area contributed by atoms with E-state index in [2.05, 4.69) is 12.1 Å². The van der Waals surface area contributed by atoms with Crippen LogP contribution in [0.2, 0.25) is 0 Å². The van der Waals surface area contributed by atoms with Crippen LogP contribution in [0.4, 0.5) is 5.69 Å². The van der Waals surface area contributed by atoms with Crippen molar-refractivity contribution in [3.8, 4) is 11.1 Å². The maximum absolute atomic E-state index is 12.8. The van der Waals surface area contributed by atoms with Gasteiger partial charge in [0.05, 0.1) is 0 Å². The molecular formula is C18H18N2O2. The summed E-state index contributed by atoms with van der Waals surface area (Å²) in [6.45, 7) is 2.90. The van der Waals surface area contributed by atoms with Gasteiger partial charge in [0.2, 0.25) is 0 Å². The molecule has 1 unspecified atom stereocenters. The zero-order chi connectivity index (χ0) is 15.5. The van der Waals surface area contributed by atoms with Gasteiger partial charge in [-0.15, -0.1) is 4.91 Å². The van der Waals surface area contributed by atoms with Crippen molar-refractivity contribution >= 4 is 11.6 Å². The van der Waals surface area contributed by atoms with Crippen molar-refractivity contribution in [1.29, 1.82) is 0 Å². The Kier molecular flexibility index (Phi) is 4.00. The van der Waals surface area contributed by atoms with Crippen molar-refractivity contribution in [2.24, 2.45) is 5.18 Å². The molecule has 4 heteroatoms. The molecule has 22 heavy (non-hydrogen) atoms. The lowest BCUT2D eigenvalue weighted by molar-refractivity contribution is 0.0748. The highest BCUT2D eigenvalue weighted by atomic mass is 16.3. The van der Waals surface area contributed by atoms with Gasteiger partial charge in [-0.25, -0.2) is 0 Å². The number of amides is 1. The van der Waals surface area contributed by atoms with Gasteiger partial charge >= 0.3 is 0 Å². The van der Waals surface area contributed by atoms with Crippen LogP contribution in [-0.2, 0) is 0 Å². The van der Waals surface area contributed by atoms with Crippen LogP contribution in [0.25, 0.3) is 11.1 Å². The molecule has 0 spiro atoms. The first-order chi connectivity index (χ1) is 10.7. The van der Waals surface area contributed by atoms with E-state index in [0.717, 1.165) is 30.5 Å². The number of likely N-dealkylation sites (tertiary alicyclic amines) is 1. The van der Waals surface area contributed by atoms with Gasteiger partial charge in [-0.3, -0.25) is 4.79 Å². The Morgan fingerprint density at radius 3 is 2.73 bits per heavy atom. The van der Waals surface area contributed by atoms with Gasteiger partial charge in [-0.1, -0.05) is 30.3 Å². The predicted molar refractivity (Wildman–Crippen MR) is 87.1 cm³/mol. The molecule has 0 aromatic heterocycles. The Labute approximate surface area is 129 Å². The molecule has 1 saturated heterocycles. The zero-order valence-electron chi connectivity index (χ0n) is 12.5. The van der Waals surface area contributed by atoms with Crippen LogP contribution in [0.5, 0.6) is 0 Å². The largest absolute Gasteiger partial charge is 0.336 e. The van der Waals surface area contributed by atoms with Crippen LogP contribution in [0.15, 0.2) is 53.7 Å². The minimum Gasteiger partial charge on any atom is -0.336 e. The van der Waals surface area contributed by atoms with Gasteiger partial charge in [-0.05, 0) is 54.3 Å². The second-order valence-corrected chi connectivity index (χ2v) is 5.68. The molecule has 0 saturated carbocycles. The number of nitrogens with zero attached hydrogens (tertiary/aromatic N) is 2. The number of rotatable bonds is 3. The van der Waals surface area contributed by atoms with Crippen LogP contribution in [0.1, 0.15) is 30.1 Å². The first kappa shape index (κ1) is 14.4. The normalized spacial score (nSPS) is 17.5. The minimum absolute atomic E-state index is 0.0602. The quantitative estimate of drug-likeness (QED) is 0.789. The van der Waals surface area contributed by atoms with E-state index < -0.39 is 0 Å². The van der Waals surface area contributed by atoms with Crippen LogP contribution in [-0.4, -0.2) is 23.4 Å². The summed E-state index contributed by atoms with van der Waals surface area (Å²) in [6.07, 6.45) is 2.11. The number of benzene rings is 2. The Bertz CT molecular complexity index is 712. The highest BCUT2D eigenvalue weighted by molar-refractivity contribution is 6.01. The van der Waals surface area contributed by atoms with Crippen molar-refractivity contribution in [2.45, 2.75) is 25.8 Å². The Morgan fingerprint density at radius 1 is 1.18 bits per heavy atom. The second kappa shape index (κ2) is 6.10. The maximum Gasteiger partial charge on any atom is 0.254 e. The van der Waals surface area contributed by atoms with E-state index >= 15 is 0 Å². The third kappa shape index (κ3) is 2.64. The molecule has 1 fully saturated rings. The summed E-state index contributed by atoms with van der Waals surface area (Å²) in [4.78, 5) is 25.5. The van der Waals surface area contributed by atoms with Crippen molar-refractivity contribution in [1.82, 2.24) is 4.90 Å². The van der Waals surface area contributed by atoms with Crippen LogP contribution >= 0.6 is 0 Å². The molecule has 0 bridgehead atoms. The Hall–Kier alpha value is -2.49. The molecule has 1 atom stereocenters. The standard InChI is InChI=1S/C18H18N2O2/c1-13-6-5-11-20(13)18(21)17-10-3-2-9-16(17)14-7-4-8-15(12-14)19-22/h2-4,7-10,12-13H,5-6,11H2,1H3. The van der Waals surface area contributed by atoms with E-state index in [9.17, 15) is 9.70 Å². The summed E-state index contributed by atoms with van der Waals surface area (Å²) in [5.41, 5.74) is 2.73. The fraction of sp³-hybridized carbons (Fsp3) is 0.278. The maximum atomic E-state index is 12.8. The summed E-state index contributed by atoms with van der Waals surface area (Å²) < 4.78 is 0. The first-order valence-corrected chi connectivity index (χ1v) is 7.54. The first-order valence-electron chi connectivity index (χ1n) is 7.54. The number of hydrogen-bond acceptors (Lipinski definition) is 3. The monoisotopic (exact) mass is 294 g/mol. The molecule has 0 radical (unpaired) electrons. The second-order valence-electron chi connectivity index (χ2n) is 5.68. The van der Waals surface area contributed by atoms with Crippen LogP contribution in [0, 0.1) is 4.91 Å². The van der Waals surface area contributed by atoms with Gasteiger partial charge in [-0.2, -0.15) is 0 Å². The molecule has 0 N–H and O–H groups in total. The lowest BCUT2D eigenvalue weighted by atomic mass is 9.98. The summed E-state index contributed by atoms with van der Waals surface area (Å²) in [6, 6.07) is 14.9. The molecule has 4 nitrogen and oxygen atoms in total. The molecule has 1 amide bonds. The van der Waals surface area contributed by atoms with Crippen LogP contribution < -0.4 is 0 Å². The fourth-order valence-corrected chi connectivity index (χ4v) is 3.04. The molecule has 1 aliphatic heterocycles. The molecule has 2 aromatic rings. The number of nitroso groups, excluding NO2 is 1.